The highest BCUT2D eigenvalue weighted by molar-refractivity contribution is 5.50. The maximum absolute atomic E-state index is 11.0. The molecule has 0 saturated heterocycles. The summed E-state index contributed by atoms with van der Waals surface area (Å²) in [5, 5.41) is 11.0. The number of rotatable bonds is 15. The van der Waals surface area contributed by atoms with Gasteiger partial charge in [-0.25, -0.2) is 0 Å². The van der Waals surface area contributed by atoms with Gasteiger partial charge in [0.05, 0.1) is 11.3 Å². The van der Waals surface area contributed by atoms with Gasteiger partial charge in [0.1, 0.15) is 0 Å². The average Bonchev–Trinajstić information content (AvgIpc) is 2.63. The molecular formula is C22H30NO3. The summed E-state index contributed by atoms with van der Waals surface area (Å²) in [5.74, 6) is 0. The number of nitrogens with zero attached hydrogens (tertiary/aromatic N) is 1. The Hall–Kier alpha value is -2.49. The van der Waals surface area contributed by atoms with Gasteiger partial charge in [0.15, 0.2) is 6.29 Å². The number of nitro groups is 1. The van der Waals surface area contributed by atoms with Gasteiger partial charge in [-0.3, -0.25) is 14.9 Å². The lowest BCUT2D eigenvalue weighted by Crippen LogP contribution is -1.97. The third-order valence-corrected chi connectivity index (χ3v) is 3.35. The van der Waals surface area contributed by atoms with E-state index in [4.69, 9.17) is 0 Å². The average molecular weight is 356 g/mol. The van der Waals surface area contributed by atoms with Gasteiger partial charge in [0, 0.05) is 6.42 Å². The van der Waals surface area contributed by atoms with Gasteiger partial charge in [0.25, 0.3) is 0 Å². The molecule has 0 atom stereocenters. The van der Waals surface area contributed by atoms with Crippen molar-refractivity contribution >= 4 is 6.29 Å². The van der Waals surface area contributed by atoms with E-state index in [2.05, 4.69) is 43.4 Å². The first-order chi connectivity index (χ1) is 12.7. The van der Waals surface area contributed by atoms with Crippen molar-refractivity contribution < 1.29 is 9.72 Å². The molecule has 26 heavy (non-hydrogen) atoms. The van der Waals surface area contributed by atoms with Crippen molar-refractivity contribution in [3.8, 4) is 0 Å². The first kappa shape index (κ1) is 23.5. The zero-order valence-corrected chi connectivity index (χ0v) is 15.7. The van der Waals surface area contributed by atoms with Crippen LogP contribution in [0.4, 0.5) is 0 Å². The van der Waals surface area contributed by atoms with Gasteiger partial charge >= 0.3 is 0 Å². The summed E-state index contributed by atoms with van der Waals surface area (Å²) in [6.45, 7) is 2.12. The molecule has 0 heterocycles. The fourth-order valence-corrected chi connectivity index (χ4v) is 1.98. The van der Waals surface area contributed by atoms with E-state index in [-0.39, 0.29) is 10.6 Å². The van der Waals surface area contributed by atoms with E-state index < -0.39 is 0 Å². The van der Waals surface area contributed by atoms with E-state index in [1.165, 1.54) is 0 Å². The van der Waals surface area contributed by atoms with Crippen molar-refractivity contribution in [2.45, 2.75) is 58.3 Å². The van der Waals surface area contributed by atoms with Crippen molar-refractivity contribution in [3.63, 3.8) is 0 Å². The smallest absolute Gasteiger partial charge is 0.246 e. The van der Waals surface area contributed by atoms with E-state index in [0.717, 1.165) is 25.7 Å². The van der Waals surface area contributed by atoms with Gasteiger partial charge in [-0.2, -0.15) is 0 Å². The maximum Gasteiger partial charge on any atom is 0.246 e. The second kappa shape index (κ2) is 18.8. The lowest BCUT2D eigenvalue weighted by atomic mass is 10.2. The minimum Gasteiger partial charge on any atom is -0.291 e. The van der Waals surface area contributed by atoms with Crippen LogP contribution in [-0.2, 0) is 4.79 Å². The lowest BCUT2D eigenvalue weighted by molar-refractivity contribution is -0.427. The number of hydrogen-bond donors (Lipinski definition) is 0. The highest BCUT2D eigenvalue weighted by atomic mass is 16.6. The zero-order chi connectivity index (χ0) is 19.3. The number of allylic oxidation sites excluding steroid dienone is 11. The van der Waals surface area contributed by atoms with E-state index in [9.17, 15) is 14.9 Å². The molecule has 0 rings (SSSR count). The second-order valence-corrected chi connectivity index (χ2v) is 5.55. The Bertz CT molecular complexity index is 552. The van der Waals surface area contributed by atoms with Crippen LogP contribution in [0.2, 0.25) is 0 Å². The Balaban J connectivity index is 4.04. The fraction of sp³-hybridized carbons (Fsp3) is 0.409. The summed E-state index contributed by atoms with van der Waals surface area (Å²) >= 11 is 0. The molecule has 0 aliphatic rings. The molecule has 0 aliphatic carbocycles. The normalized spacial score (nSPS) is 13.2. The minimum absolute atomic E-state index is 0.194. The topological polar surface area (TPSA) is 60.2 Å². The first-order valence-electron chi connectivity index (χ1n) is 9.15. The summed E-state index contributed by atoms with van der Waals surface area (Å²) < 4.78 is 0. The van der Waals surface area contributed by atoms with E-state index in [0.29, 0.717) is 25.7 Å². The van der Waals surface area contributed by atoms with Crippen LogP contribution in [0.1, 0.15) is 58.3 Å². The molecular weight excluding hydrogens is 326 g/mol. The predicted octanol–water partition coefficient (Wildman–Crippen LogP) is 6.18. The van der Waals surface area contributed by atoms with Crippen molar-refractivity contribution in [3.05, 3.63) is 82.6 Å². The van der Waals surface area contributed by atoms with Crippen LogP contribution in [0.15, 0.2) is 72.5 Å². The number of hydrogen-bond acceptors (Lipinski definition) is 3. The molecule has 1 radical (unpaired) electrons. The molecule has 0 aromatic carbocycles. The van der Waals surface area contributed by atoms with Crippen LogP contribution in [0.5, 0.6) is 0 Å². The summed E-state index contributed by atoms with van der Waals surface area (Å²) in [7, 11) is 0. The lowest BCUT2D eigenvalue weighted by Gasteiger charge is -1.93. The number of unbranched alkanes of at least 4 members (excludes halogenated alkanes) is 1. The molecule has 0 aliphatic heterocycles. The quantitative estimate of drug-likeness (QED) is 0.152. The minimum atomic E-state index is -0.342. The van der Waals surface area contributed by atoms with Crippen LogP contribution in [0.3, 0.4) is 0 Å². The molecule has 0 spiro atoms. The molecule has 0 saturated carbocycles. The predicted molar refractivity (Wildman–Crippen MR) is 109 cm³/mol. The molecule has 141 valence electrons. The molecule has 0 N–H and O–H groups in total. The molecule has 4 heteroatoms. The number of carbonyl (C=O) groups excluding carboxylic acids is 1. The maximum atomic E-state index is 11.0. The van der Waals surface area contributed by atoms with Crippen LogP contribution in [0.25, 0.3) is 0 Å². The Labute approximate surface area is 157 Å². The van der Waals surface area contributed by atoms with Crippen molar-refractivity contribution in [1.29, 1.82) is 0 Å². The Morgan fingerprint density at radius 3 is 1.92 bits per heavy atom. The van der Waals surface area contributed by atoms with Crippen molar-refractivity contribution in [2.75, 3.05) is 0 Å². The zero-order valence-electron chi connectivity index (χ0n) is 15.7. The standard InChI is InChI=1S/C22H30NO3/c1-2-3-4-5-6-7-8-9-10-11-13-16-19-22(23(25)26)20-17-14-12-15-18-21-24/h3-4,6-7,9-10,12-14,16,20H,2,5,8,11,15,17-19H2,1H3/b4-3+,7-6+,10-9+,14-12+,16-13+,22-20-. The molecule has 0 unspecified atom stereocenters. The largest absolute Gasteiger partial charge is 0.291 e. The van der Waals surface area contributed by atoms with E-state index in [1.54, 1.807) is 12.4 Å². The van der Waals surface area contributed by atoms with Crippen LogP contribution in [-0.4, -0.2) is 11.2 Å². The van der Waals surface area contributed by atoms with Crippen LogP contribution in [0, 0.1) is 10.1 Å². The molecule has 0 fully saturated rings. The van der Waals surface area contributed by atoms with Crippen LogP contribution >= 0.6 is 0 Å². The molecule has 4 nitrogen and oxygen atoms in total. The van der Waals surface area contributed by atoms with E-state index in [1.807, 2.05) is 24.3 Å². The summed E-state index contributed by atoms with van der Waals surface area (Å²) in [6, 6.07) is 0. The summed E-state index contributed by atoms with van der Waals surface area (Å²) in [4.78, 5) is 20.7. The Morgan fingerprint density at radius 2 is 1.38 bits per heavy atom. The third-order valence-electron chi connectivity index (χ3n) is 3.35. The summed E-state index contributed by atoms with van der Waals surface area (Å²) in [5.41, 5.74) is 0.194. The van der Waals surface area contributed by atoms with E-state index >= 15 is 0 Å². The highest BCUT2D eigenvalue weighted by Gasteiger charge is 2.06. The molecule has 0 aromatic rings. The molecule has 0 aromatic heterocycles. The monoisotopic (exact) mass is 356 g/mol. The van der Waals surface area contributed by atoms with Gasteiger partial charge in [-0.15, -0.1) is 0 Å². The summed E-state index contributed by atoms with van der Waals surface area (Å²) in [6.07, 6.45) is 29.1. The van der Waals surface area contributed by atoms with Gasteiger partial charge < -0.3 is 0 Å². The van der Waals surface area contributed by atoms with Crippen molar-refractivity contribution in [1.82, 2.24) is 0 Å². The van der Waals surface area contributed by atoms with Gasteiger partial charge in [0.2, 0.25) is 5.70 Å². The SMILES string of the molecule is CC/C=C/C/C=C/C/C=C/C/C=C/C/C(=C/C/C=C/CC[C]=O)[N+](=O)[O-]. The van der Waals surface area contributed by atoms with Gasteiger partial charge in [-0.05, 0) is 44.6 Å². The highest BCUT2D eigenvalue weighted by Crippen LogP contribution is 2.06. The second-order valence-electron chi connectivity index (χ2n) is 5.55. The third kappa shape index (κ3) is 16.4. The van der Waals surface area contributed by atoms with Gasteiger partial charge in [-0.1, -0.05) is 67.7 Å². The first-order valence-corrected chi connectivity index (χ1v) is 9.15. The Kier molecular flexibility index (Phi) is 17.0. The van der Waals surface area contributed by atoms with Crippen LogP contribution < -0.4 is 0 Å². The van der Waals surface area contributed by atoms with Crippen molar-refractivity contribution in [2.24, 2.45) is 0 Å². The molecule has 0 bridgehead atoms. The fourth-order valence-electron chi connectivity index (χ4n) is 1.98. The Morgan fingerprint density at radius 1 is 0.846 bits per heavy atom. The molecule has 0 amide bonds.